The summed E-state index contributed by atoms with van der Waals surface area (Å²) in [6, 6.07) is -0.114. The van der Waals surface area contributed by atoms with E-state index in [1.807, 2.05) is 18.4 Å². The van der Waals surface area contributed by atoms with Crippen molar-refractivity contribution in [2.24, 2.45) is 11.7 Å². The number of sulfonamides is 1. The zero-order valence-corrected chi connectivity index (χ0v) is 12.5. The second-order valence-electron chi connectivity index (χ2n) is 5.07. The van der Waals surface area contributed by atoms with E-state index in [4.69, 9.17) is 5.73 Å². The van der Waals surface area contributed by atoms with Crippen molar-refractivity contribution in [1.29, 1.82) is 0 Å². The molecule has 1 aliphatic carbocycles. The van der Waals surface area contributed by atoms with Crippen LogP contribution in [0.5, 0.6) is 0 Å². The number of nitrogens with zero attached hydrogens (tertiary/aromatic N) is 3. The minimum absolute atomic E-state index is 0.114. The van der Waals surface area contributed by atoms with Gasteiger partial charge in [0.15, 0.2) is 5.03 Å². The van der Waals surface area contributed by atoms with Crippen molar-refractivity contribution in [1.82, 2.24) is 13.9 Å². The van der Waals surface area contributed by atoms with Crippen molar-refractivity contribution in [2.75, 3.05) is 13.6 Å². The highest BCUT2D eigenvalue weighted by Crippen LogP contribution is 2.36. The fourth-order valence-electron chi connectivity index (χ4n) is 2.37. The normalized spacial score (nSPS) is 17.9. The molecule has 1 aromatic heterocycles. The molecule has 1 saturated carbocycles. The summed E-state index contributed by atoms with van der Waals surface area (Å²) in [6.45, 7) is 4.83. The van der Waals surface area contributed by atoms with Crippen LogP contribution >= 0.6 is 0 Å². The summed E-state index contributed by atoms with van der Waals surface area (Å²) in [5.74, 6) is 1.12. The molecule has 1 aromatic rings. The van der Waals surface area contributed by atoms with Gasteiger partial charge >= 0.3 is 0 Å². The van der Waals surface area contributed by atoms with E-state index < -0.39 is 10.0 Å². The van der Waals surface area contributed by atoms with Gasteiger partial charge in [0.1, 0.15) is 5.82 Å². The molecule has 0 radical (unpaired) electrons. The van der Waals surface area contributed by atoms with Crippen LogP contribution < -0.4 is 5.73 Å². The quantitative estimate of drug-likeness (QED) is 0.829. The smallest absolute Gasteiger partial charge is 0.262 e. The molecule has 1 aliphatic rings. The van der Waals surface area contributed by atoms with Gasteiger partial charge < -0.3 is 10.3 Å². The third-order valence-corrected chi connectivity index (χ3v) is 5.57. The summed E-state index contributed by atoms with van der Waals surface area (Å²) >= 11 is 0. The van der Waals surface area contributed by atoms with Crippen molar-refractivity contribution in [3.63, 3.8) is 0 Å². The molecule has 0 aromatic carbocycles. The van der Waals surface area contributed by atoms with Crippen molar-refractivity contribution in [3.05, 3.63) is 12.0 Å². The van der Waals surface area contributed by atoms with E-state index in [0.29, 0.717) is 24.8 Å². The highest BCUT2D eigenvalue weighted by Gasteiger charge is 2.39. The van der Waals surface area contributed by atoms with E-state index in [1.54, 1.807) is 13.2 Å². The third kappa shape index (κ3) is 2.68. The lowest BCUT2D eigenvalue weighted by Gasteiger charge is -2.25. The predicted molar refractivity (Wildman–Crippen MR) is 73.2 cm³/mol. The number of rotatable bonds is 6. The molecule has 2 N–H and O–H groups in total. The van der Waals surface area contributed by atoms with Crippen LogP contribution in [0.25, 0.3) is 0 Å². The standard InChI is InChI=1S/C12H22N4O2S/c1-4-16-8-12(14-9(16)2)19(17,18)15(3)11(7-13)10-5-6-10/h8,10-11H,4-7,13H2,1-3H3. The molecule has 1 heterocycles. The minimum Gasteiger partial charge on any atom is -0.334 e. The van der Waals surface area contributed by atoms with Gasteiger partial charge in [-0.2, -0.15) is 4.31 Å². The highest BCUT2D eigenvalue weighted by atomic mass is 32.2. The first-order valence-electron chi connectivity index (χ1n) is 6.63. The summed E-state index contributed by atoms with van der Waals surface area (Å²) in [4.78, 5) is 4.16. The number of likely N-dealkylation sites (N-methyl/N-ethyl adjacent to an activating group) is 1. The first-order valence-corrected chi connectivity index (χ1v) is 8.07. The van der Waals surface area contributed by atoms with Gasteiger partial charge in [-0.3, -0.25) is 0 Å². The number of aryl methyl sites for hydroxylation is 2. The van der Waals surface area contributed by atoms with E-state index in [9.17, 15) is 8.42 Å². The summed E-state index contributed by atoms with van der Waals surface area (Å²) < 4.78 is 28.3. The third-order valence-electron chi connectivity index (χ3n) is 3.81. The lowest BCUT2D eigenvalue weighted by atomic mass is 10.2. The number of hydrogen-bond acceptors (Lipinski definition) is 4. The maximum Gasteiger partial charge on any atom is 0.262 e. The average molecular weight is 286 g/mol. The van der Waals surface area contributed by atoms with Crippen LogP contribution in [0.1, 0.15) is 25.6 Å². The van der Waals surface area contributed by atoms with Gasteiger partial charge in [0.05, 0.1) is 0 Å². The molecule has 1 atom stereocenters. The fourth-order valence-corrected chi connectivity index (χ4v) is 3.79. The zero-order valence-electron chi connectivity index (χ0n) is 11.7. The zero-order chi connectivity index (χ0) is 14.2. The monoisotopic (exact) mass is 286 g/mol. The molecule has 0 aliphatic heterocycles. The van der Waals surface area contributed by atoms with Crippen molar-refractivity contribution in [3.8, 4) is 0 Å². The first-order chi connectivity index (χ1) is 8.91. The van der Waals surface area contributed by atoms with E-state index in [1.165, 1.54) is 4.31 Å². The van der Waals surface area contributed by atoms with Crippen molar-refractivity contribution < 1.29 is 8.42 Å². The Morgan fingerprint density at radius 2 is 2.21 bits per heavy atom. The Labute approximate surface area is 114 Å². The molecule has 19 heavy (non-hydrogen) atoms. The number of nitrogens with two attached hydrogens (primary N) is 1. The molecule has 1 unspecified atom stereocenters. The molecule has 0 spiro atoms. The van der Waals surface area contributed by atoms with E-state index >= 15 is 0 Å². The van der Waals surface area contributed by atoms with Crippen LogP contribution in [0, 0.1) is 12.8 Å². The Hall–Kier alpha value is -0.920. The molecule has 0 bridgehead atoms. The molecule has 7 heteroatoms. The number of hydrogen-bond donors (Lipinski definition) is 1. The van der Waals surface area contributed by atoms with Crippen LogP contribution in [0.15, 0.2) is 11.2 Å². The lowest BCUT2D eigenvalue weighted by Crippen LogP contribution is -2.43. The minimum atomic E-state index is -3.55. The van der Waals surface area contributed by atoms with Gasteiger partial charge in [-0.25, -0.2) is 13.4 Å². The number of aromatic nitrogens is 2. The fraction of sp³-hybridized carbons (Fsp3) is 0.750. The molecule has 108 valence electrons. The Kier molecular flexibility index (Phi) is 3.98. The lowest BCUT2D eigenvalue weighted by molar-refractivity contribution is 0.339. The molecular weight excluding hydrogens is 264 g/mol. The topological polar surface area (TPSA) is 81.2 Å². The van der Waals surface area contributed by atoms with Gasteiger partial charge in [0.2, 0.25) is 0 Å². The molecule has 1 fully saturated rings. The van der Waals surface area contributed by atoms with Crippen LogP contribution in [-0.4, -0.2) is 41.9 Å². The van der Waals surface area contributed by atoms with Crippen LogP contribution in [0.2, 0.25) is 0 Å². The summed E-state index contributed by atoms with van der Waals surface area (Å²) in [7, 11) is -1.94. The van der Waals surface area contributed by atoms with Crippen LogP contribution in [0.4, 0.5) is 0 Å². The molecule has 0 amide bonds. The number of imidazole rings is 1. The largest absolute Gasteiger partial charge is 0.334 e. The van der Waals surface area contributed by atoms with E-state index in [0.717, 1.165) is 12.8 Å². The SMILES string of the molecule is CCn1cc(S(=O)(=O)N(C)C(CN)C2CC2)nc1C. The summed E-state index contributed by atoms with van der Waals surface area (Å²) in [5, 5.41) is 0.119. The van der Waals surface area contributed by atoms with Gasteiger partial charge in [0.25, 0.3) is 10.0 Å². The molecular formula is C12H22N4O2S. The molecule has 0 saturated heterocycles. The van der Waals surface area contributed by atoms with Gasteiger partial charge in [-0.1, -0.05) is 0 Å². The second-order valence-corrected chi connectivity index (χ2v) is 7.02. The van der Waals surface area contributed by atoms with Crippen LogP contribution in [0.3, 0.4) is 0 Å². The Morgan fingerprint density at radius 1 is 1.58 bits per heavy atom. The predicted octanol–water partition coefficient (Wildman–Crippen LogP) is 0.569. The molecule has 6 nitrogen and oxygen atoms in total. The van der Waals surface area contributed by atoms with Gasteiger partial charge in [0, 0.05) is 32.4 Å². The maximum absolute atomic E-state index is 12.5. The first kappa shape index (κ1) is 14.5. The molecule has 2 rings (SSSR count). The van der Waals surface area contributed by atoms with Gasteiger partial charge in [-0.15, -0.1) is 0 Å². The summed E-state index contributed by atoms with van der Waals surface area (Å²) in [6.07, 6.45) is 3.72. The highest BCUT2D eigenvalue weighted by molar-refractivity contribution is 7.89. The second kappa shape index (κ2) is 5.22. The van der Waals surface area contributed by atoms with Crippen LogP contribution in [-0.2, 0) is 16.6 Å². The van der Waals surface area contributed by atoms with Gasteiger partial charge in [-0.05, 0) is 32.6 Å². The van der Waals surface area contributed by atoms with Crippen molar-refractivity contribution >= 4 is 10.0 Å². The Bertz CT molecular complexity index is 548. The van der Waals surface area contributed by atoms with E-state index in [-0.39, 0.29) is 11.1 Å². The average Bonchev–Trinajstić information content (AvgIpc) is 3.12. The maximum atomic E-state index is 12.5. The van der Waals surface area contributed by atoms with Crippen molar-refractivity contribution in [2.45, 2.75) is 44.3 Å². The summed E-state index contributed by atoms with van der Waals surface area (Å²) in [5.41, 5.74) is 5.72. The van der Waals surface area contributed by atoms with E-state index in [2.05, 4.69) is 4.98 Å². The Morgan fingerprint density at radius 3 is 2.63 bits per heavy atom. The Balaban J connectivity index is 2.29.